The number of anilines is 1. The molecule has 0 aliphatic carbocycles. The second-order valence-electron chi connectivity index (χ2n) is 6.02. The van der Waals surface area contributed by atoms with E-state index in [9.17, 15) is 14.4 Å². The van der Waals surface area contributed by atoms with Crippen molar-refractivity contribution in [3.63, 3.8) is 0 Å². The molecule has 1 aromatic heterocycles. The Labute approximate surface area is 156 Å². The highest BCUT2D eigenvalue weighted by atomic mass is 16.5. The summed E-state index contributed by atoms with van der Waals surface area (Å²) >= 11 is 0. The molecule has 1 heterocycles. The Morgan fingerprint density at radius 1 is 1.22 bits per heavy atom. The van der Waals surface area contributed by atoms with Crippen LogP contribution in [0.15, 0.2) is 29.1 Å². The maximum atomic E-state index is 11.8. The predicted octanol–water partition coefficient (Wildman–Crippen LogP) is 1.37. The fourth-order valence-electron chi connectivity index (χ4n) is 2.38. The minimum Gasteiger partial charge on any atom is -0.464 e. The zero-order valence-corrected chi connectivity index (χ0v) is 15.5. The summed E-state index contributed by atoms with van der Waals surface area (Å²) in [6.07, 6.45) is 1.37. The Balaban J connectivity index is 1.72. The predicted molar refractivity (Wildman–Crippen MR) is 103 cm³/mol. The zero-order valence-electron chi connectivity index (χ0n) is 15.5. The number of urea groups is 1. The standard InChI is InChI=1S/C18H25N5O4/c1-3-11-27-17(25)12(2)21-18(26)20-10-6-9-19-15-13-7-4-5-8-14(13)16(24)23-22-15/h4-5,7-8,12H,3,6,9-11H2,1-2H3,(H,19,22)(H,23,24)(H2,20,21,26). The first-order valence-corrected chi connectivity index (χ1v) is 8.95. The van der Waals surface area contributed by atoms with Crippen molar-refractivity contribution in [3.05, 3.63) is 34.6 Å². The van der Waals surface area contributed by atoms with Crippen molar-refractivity contribution < 1.29 is 14.3 Å². The molecule has 2 amide bonds. The van der Waals surface area contributed by atoms with E-state index in [0.717, 1.165) is 11.8 Å². The highest BCUT2D eigenvalue weighted by Crippen LogP contribution is 2.16. The van der Waals surface area contributed by atoms with Gasteiger partial charge in [0.15, 0.2) is 5.82 Å². The van der Waals surface area contributed by atoms with Gasteiger partial charge in [-0.15, -0.1) is 0 Å². The Kier molecular flexibility index (Phi) is 7.60. The lowest BCUT2D eigenvalue weighted by atomic mass is 10.2. The van der Waals surface area contributed by atoms with E-state index in [2.05, 4.69) is 26.1 Å². The third-order valence-electron chi connectivity index (χ3n) is 3.78. The number of carbonyl (C=O) groups excluding carboxylic acids is 2. The number of fused-ring (bicyclic) bond motifs is 1. The zero-order chi connectivity index (χ0) is 19.6. The molecular weight excluding hydrogens is 350 g/mol. The minimum absolute atomic E-state index is 0.235. The molecule has 2 aromatic rings. The number of amides is 2. The number of carbonyl (C=O) groups is 2. The fraction of sp³-hybridized carbons (Fsp3) is 0.444. The number of hydrogen-bond acceptors (Lipinski definition) is 6. The first kappa shape index (κ1) is 20.2. The second-order valence-corrected chi connectivity index (χ2v) is 6.02. The Morgan fingerprint density at radius 2 is 1.96 bits per heavy atom. The molecule has 0 radical (unpaired) electrons. The van der Waals surface area contributed by atoms with Gasteiger partial charge in [-0.2, -0.15) is 5.10 Å². The normalized spacial score (nSPS) is 11.6. The van der Waals surface area contributed by atoms with Gasteiger partial charge in [-0.3, -0.25) is 4.79 Å². The molecule has 9 nitrogen and oxygen atoms in total. The van der Waals surface area contributed by atoms with E-state index in [-0.39, 0.29) is 5.56 Å². The molecule has 0 bridgehead atoms. The first-order chi connectivity index (χ1) is 13.0. The quantitative estimate of drug-likeness (QED) is 0.387. The van der Waals surface area contributed by atoms with Crippen molar-refractivity contribution in [1.29, 1.82) is 0 Å². The van der Waals surface area contributed by atoms with Crippen LogP contribution < -0.4 is 21.5 Å². The van der Waals surface area contributed by atoms with Crippen molar-refractivity contribution >= 4 is 28.6 Å². The lowest BCUT2D eigenvalue weighted by Crippen LogP contribution is -2.45. The summed E-state index contributed by atoms with van der Waals surface area (Å²) in [7, 11) is 0. The molecule has 0 saturated heterocycles. The highest BCUT2D eigenvalue weighted by molar-refractivity contribution is 5.90. The average Bonchev–Trinajstić information content (AvgIpc) is 2.67. The van der Waals surface area contributed by atoms with Crippen molar-refractivity contribution in [3.8, 4) is 0 Å². The number of aromatic amines is 1. The summed E-state index contributed by atoms with van der Waals surface area (Å²) in [6.45, 7) is 4.78. The van der Waals surface area contributed by atoms with Gasteiger partial charge in [0.25, 0.3) is 5.56 Å². The van der Waals surface area contributed by atoms with Gasteiger partial charge in [-0.25, -0.2) is 14.7 Å². The number of esters is 1. The highest BCUT2D eigenvalue weighted by Gasteiger charge is 2.16. The van der Waals surface area contributed by atoms with E-state index >= 15 is 0 Å². The number of hydrogen-bond donors (Lipinski definition) is 4. The summed E-state index contributed by atoms with van der Waals surface area (Å²) in [6, 6.07) is 6.07. The molecule has 0 aliphatic heterocycles. The number of H-pyrrole nitrogens is 1. The van der Waals surface area contributed by atoms with Crippen molar-refractivity contribution in [2.45, 2.75) is 32.7 Å². The average molecular weight is 375 g/mol. The second kappa shape index (κ2) is 10.1. The molecule has 1 aromatic carbocycles. The maximum absolute atomic E-state index is 11.8. The maximum Gasteiger partial charge on any atom is 0.328 e. The minimum atomic E-state index is -0.702. The number of ether oxygens (including phenoxy) is 1. The number of nitrogens with one attached hydrogen (secondary N) is 4. The van der Waals surface area contributed by atoms with Crippen LogP contribution in [0.25, 0.3) is 10.8 Å². The van der Waals surface area contributed by atoms with Crippen LogP contribution in [-0.4, -0.2) is 47.9 Å². The molecule has 9 heteroatoms. The van der Waals surface area contributed by atoms with Gasteiger partial charge in [-0.05, 0) is 25.8 Å². The summed E-state index contributed by atoms with van der Waals surface area (Å²) in [4.78, 5) is 35.1. The molecule has 0 fully saturated rings. The molecule has 1 unspecified atom stereocenters. The van der Waals surface area contributed by atoms with Crippen LogP contribution in [0.2, 0.25) is 0 Å². The van der Waals surface area contributed by atoms with Gasteiger partial charge >= 0.3 is 12.0 Å². The van der Waals surface area contributed by atoms with Crippen LogP contribution in [-0.2, 0) is 9.53 Å². The number of nitrogens with zero attached hydrogens (tertiary/aromatic N) is 1. The van der Waals surface area contributed by atoms with Gasteiger partial charge < -0.3 is 20.7 Å². The van der Waals surface area contributed by atoms with Crippen LogP contribution in [0.4, 0.5) is 10.6 Å². The molecule has 146 valence electrons. The molecular formula is C18H25N5O4. The molecule has 27 heavy (non-hydrogen) atoms. The summed E-state index contributed by atoms with van der Waals surface area (Å²) in [5.41, 5.74) is -0.235. The van der Waals surface area contributed by atoms with Crippen LogP contribution in [0.3, 0.4) is 0 Å². The van der Waals surface area contributed by atoms with E-state index in [1.807, 2.05) is 19.1 Å². The molecule has 4 N–H and O–H groups in total. The monoisotopic (exact) mass is 375 g/mol. The van der Waals surface area contributed by atoms with Crippen molar-refractivity contribution in [2.24, 2.45) is 0 Å². The molecule has 0 saturated carbocycles. The third kappa shape index (κ3) is 5.98. The Hall–Kier alpha value is -3.10. The summed E-state index contributed by atoms with van der Waals surface area (Å²) in [5, 5.41) is 16.1. The SMILES string of the molecule is CCCOC(=O)C(C)NC(=O)NCCCNc1n[nH]c(=O)c2ccccc12. The molecule has 0 aliphatic rings. The van der Waals surface area contributed by atoms with Crippen LogP contribution in [0, 0.1) is 0 Å². The van der Waals surface area contributed by atoms with Crippen molar-refractivity contribution in [2.75, 3.05) is 25.0 Å². The largest absolute Gasteiger partial charge is 0.464 e. The van der Waals surface area contributed by atoms with Crippen molar-refractivity contribution in [1.82, 2.24) is 20.8 Å². The van der Waals surface area contributed by atoms with Crippen LogP contribution in [0.5, 0.6) is 0 Å². The Morgan fingerprint density at radius 3 is 2.70 bits per heavy atom. The van der Waals surface area contributed by atoms with Gasteiger partial charge in [-0.1, -0.05) is 25.1 Å². The molecule has 1 atom stereocenters. The van der Waals surface area contributed by atoms with E-state index < -0.39 is 18.0 Å². The van der Waals surface area contributed by atoms with E-state index in [1.54, 1.807) is 19.1 Å². The van der Waals surface area contributed by atoms with E-state index in [4.69, 9.17) is 4.74 Å². The van der Waals surface area contributed by atoms with E-state index in [1.165, 1.54) is 0 Å². The topological polar surface area (TPSA) is 125 Å². The van der Waals surface area contributed by atoms with Gasteiger partial charge in [0.05, 0.1) is 12.0 Å². The Bertz CT molecular complexity index is 836. The third-order valence-corrected chi connectivity index (χ3v) is 3.78. The van der Waals surface area contributed by atoms with Gasteiger partial charge in [0, 0.05) is 18.5 Å². The molecule has 2 rings (SSSR count). The fourth-order valence-corrected chi connectivity index (χ4v) is 2.38. The first-order valence-electron chi connectivity index (χ1n) is 8.95. The number of benzene rings is 1. The van der Waals surface area contributed by atoms with Crippen LogP contribution in [0.1, 0.15) is 26.7 Å². The summed E-state index contributed by atoms with van der Waals surface area (Å²) in [5.74, 6) is 0.131. The lowest BCUT2D eigenvalue weighted by Gasteiger charge is -2.14. The lowest BCUT2D eigenvalue weighted by molar-refractivity contribution is -0.145. The van der Waals surface area contributed by atoms with E-state index in [0.29, 0.717) is 37.3 Å². The number of aromatic nitrogens is 2. The number of rotatable bonds is 9. The summed E-state index contributed by atoms with van der Waals surface area (Å²) < 4.78 is 4.97. The van der Waals surface area contributed by atoms with Gasteiger partial charge in [0.2, 0.25) is 0 Å². The smallest absolute Gasteiger partial charge is 0.328 e. The molecule has 0 spiro atoms. The van der Waals surface area contributed by atoms with Crippen LogP contribution >= 0.6 is 0 Å². The van der Waals surface area contributed by atoms with Gasteiger partial charge in [0.1, 0.15) is 6.04 Å².